The van der Waals surface area contributed by atoms with E-state index >= 15 is 0 Å². The molecular weight excluding hydrogens is 579 g/mol. The van der Waals surface area contributed by atoms with Gasteiger partial charge in [0.2, 0.25) is 0 Å². The molecule has 6 aromatic carbocycles. The van der Waals surface area contributed by atoms with Gasteiger partial charge in [-0.1, -0.05) is 135 Å². The first-order chi connectivity index (χ1) is 23.6. The van der Waals surface area contributed by atoms with Crippen LogP contribution in [0.2, 0.25) is 0 Å². The number of para-hydroxylation sites is 1. The second-order valence-electron chi connectivity index (χ2n) is 13.8. The molecule has 0 N–H and O–H groups in total. The summed E-state index contributed by atoms with van der Waals surface area (Å²) >= 11 is 0. The Hall–Kier alpha value is -5.84. The summed E-state index contributed by atoms with van der Waals surface area (Å²) in [5.41, 5.74) is 19.1. The highest BCUT2D eigenvalue weighted by Crippen LogP contribution is 2.63. The maximum Gasteiger partial charge on any atom is 0.0722 e. The molecule has 0 radical (unpaired) electrons. The van der Waals surface area contributed by atoms with Crippen LogP contribution in [0, 0.1) is 11.8 Å². The van der Waals surface area contributed by atoms with Crippen molar-refractivity contribution in [1.29, 1.82) is 0 Å². The van der Waals surface area contributed by atoms with Gasteiger partial charge in [-0.25, -0.2) is 0 Å². The normalized spacial score (nSPS) is 16.2. The van der Waals surface area contributed by atoms with Crippen LogP contribution >= 0.6 is 0 Å². The van der Waals surface area contributed by atoms with Crippen LogP contribution < -0.4 is 4.90 Å². The molecule has 0 unspecified atom stereocenters. The van der Waals surface area contributed by atoms with E-state index in [1.54, 1.807) is 0 Å². The Morgan fingerprint density at radius 2 is 1.15 bits per heavy atom. The number of hydrogen-bond donors (Lipinski definition) is 0. The first-order valence-corrected chi connectivity index (χ1v) is 16.9. The third-order valence-electron chi connectivity index (χ3n) is 11.2. The molecule has 0 heterocycles. The maximum atomic E-state index is 3.47. The Bertz CT molecular complexity index is 2420. The molecule has 0 bridgehead atoms. The molecule has 10 rings (SSSR count). The average Bonchev–Trinajstić information content (AvgIpc) is 3.55. The van der Waals surface area contributed by atoms with E-state index in [-0.39, 0.29) is 10.8 Å². The van der Waals surface area contributed by atoms with Gasteiger partial charge in [0.25, 0.3) is 0 Å². The van der Waals surface area contributed by atoms with Crippen LogP contribution in [0.25, 0.3) is 27.8 Å². The van der Waals surface area contributed by atoms with E-state index in [9.17, 15) is 0 Å². The minimum absolute atomic E-state index is 0.148. The second kappa shape index (κ2) is 9.83. The second-order valence-corrected chi connectivity index (χ2v) is 13.8. The zero-order valence-corrected chi connectivity index (χ0v) is 27.1. The monoisotopic (exact) mass is 611 g/mol. The molecule has 48 heavy (non-hydrogen) atoms. The predicted molar refractivity (Wildman–Crippen MR) is 199 cm³/mol. The zero-order chi connectivity index (χ0) is 32.0. The van der Waals surface area contributed by atoms with Gasteiger partial charge in [0.05, 0.1) is 11.1 Å². The van der Waals surface area contributed by atoms with Crippen molar-refractivity contribution >= 4 is 22.6 Å². The zero-order valence-electron chi connectivity index (χ0n) is 27.1. The lowest BCUT2D eigenvalue weighted by atomic mass is 9.69. The van der Waals surface area contributed by atoms with Gasteiger partial charge in [0.1, 0.15) is 0 Å². The third kappa shape index (κ3) is 3.42. The predicted octanol–water partition coefficient (Wildman–Crippen LogP) is 11.5. The van der Waals surface area contributed by atoms with Crippen molar-refractivity contribution in [2.24, 2.45) is 0 Å². The molecule has 1 heteroatoms. The van der Waals surface area contributed by atoms with Gasteiger partial charge < -0.3 is 4.90 Å². The van der Waals surface area contributed by atoms with E-state index in [0.717, 1.165) is 17.8 Å². The van der Waals surface area contributed by atoms with Crippen LogP contribution in [0.1, 0.15) is 53.6 Å². The largest absolute Gasteiger partial charge is 0.310 e. The molecule has 0 saturated heterocycles. The van der Waals surface area contributed by atoms with Gasteiger partial charge in [-0.3, -0.25) is 0 Å². The van der Waals surface area contributed by atoms with Crippen molar-refractivity contribution in [3.8, 4) is 34.1 Å². The Morgan fingerprint density at radius 3 is 1.88 bits per heavy atom. The Morgan fingerprint density at radius 1 is 0.542 bits per heavy atom. The molecule has 0 fully saturated rings. The fraction of sp³-hybridized carbons (Fsp3) is 0.106. The van der Waals surface area contributed by atoms with Crippen molar-refractivity contribution in [3.63, 3.8) is 0 Å². The minimum atomic E-state index is -0.379. The summed E-state index contributed by atoms with van der Waals surface area (Å²) < 4.78 is 0. The fourth-order valence-corrected chi connectivity index (χ4v) is 9.33. The van der Waals surface area contributed by atoms with E-state index in [4.69, 9.17) is 0 Å². The topological polar surface area (TPSA) is 3.24 Å². The molecule has 0 aromatic heterocycles. The van der Waals surface area contributed by atoms with Crippen LogP contribution in [0.5, 0.6) is 0 Å². The number of hydrogen-bond acceptors (Lipinski definition) is 1. The summed E-state index contributed by atoms with van der Waals surface area (Å²) in [4.78, 5) is 2.48. The first-order valence-electron chi connectivity index (χ1n) is 16.9. The molecule has 6 aromatic rings. The summed E-state index contributed by atoms with van der Waals surface area (Å²) in [6.07, 6.45) is 5.08. The number of benzene rings is 6. The molecule has 1 nitrogen and oxygen atoms in total. The summed E-state index contributed by atoms with van der Waals surface area (Å²) in [7, 11) is 0. The SMILES string of the molecule is CC1(C)c2ccccc2-c2cccc(N(c3ccccc3)c3ccc4c(c3)C3=C(C=CC#CC3)C43c4ccccc4-c4ccccc43)c21. The van der Waals surface area contributed by atoms with Crippen LogP contribution in [0.15, 0.2) is 157 Å². The molecule has 1 spiro atoms. The van der Waals surface area contributed by atoms with Gasteiger partial charge >= 0.3 is 0 Å². The summed E-state index contributed by atoms with van der Waals surface area (Å²) in [5, 5.41) is 0. The van der Waals surface area contributed by atoms with Crippen molar-refractivity contribution < 1.29 is 0 Å². The highest BCUT2D eigenvalue weighted by atomic mass is 15.1. The van der Waals surface area contributed by atoms with Crippen LogP contribution in [0.4, 0.5) is 17.1 Å². The van der Waals surface area contributed by atoms with E-state index in [1.807, 2.05) is 0 Å². The lowest BCUT2D eigenvalue weighted by Crippen LogP contribution is -2.27. The van der Waals surface area contributed by atoms with Crippen molar-refractivity contribution in [2.45, 2.75) is 31.1 Å². The number of rotatable bonds is 3. The van der Waals surface area contributed by atoms with Crippen LogP contribution in [0.3, 0.4) is 0 Å². The molecule has 0 saturated carbocycles. The summed E-state index contributed by atoms with van der Waals surface area (Å²) in [5.74, 6) is 6.79. The van der Waals surface area contributed by atoms with E-state index in [0.29, 0.717) is 0 Å². The maximum absolute atomic E-state index is 3.47. The first kappa shape index (κ1) is 27.3. The molecule has 226 valence electrons. The number of fused-ring (bicyclic) bond motifs is 12. The van der Waals surface area contributed by atoms with Crippen LogP contribution in [-0.4, -0.2) is 0 Å². The summed E-state index contributed by atoms with van der Waals surface area (Å²) in [6, 6.07) is 51.8. The molecule has 0 amide bonds. The highest BCUT2D eigenvalue weighted by Gasteiger charge is 2.52. The number of allylic oxidation sites excluding steroid dienone is 4. The van der Waals surface area contributed by atoms with Gasteiger partial charge in [0.15, 0.2) is 0 Å². The van der Waals surface area contributed by atoms with Gasteiger partial charge in [-0.2, -0.15) is 0 Å². The fourth-order valence-electron chi connectivity index (χ4n) is 9.33. The quantitative estimate of drug-likeness (QED) is 0.180. The van der Waals surface area contributed by atoms with Gasteiger partial charge in [-0.15, -0.1) is 0 Å². The minimum Gasteiger partial charge on any atom is -0.310 e. The average molecular weight is 612 g/mol. The Balaban J connectivity index is 1.25. The third-order valence-corrected chi connectivity index (χ3v) is 11.2. The lowest BCUT2D eigenvalue weighted by molar-refractivity contribution is 0.661. The summed E-state index contributed by atoms with van der Waals surface area (Å²) in [6.45, 7) is 4.75. The lowest BCUT2D eigenvalue weighted by Gasteiger charge is -2.33. The van der Waals surface area contributed by atoms with Crippen LogP contribution in [-0.2, 0) is 10.8 Å². The van der Waals surface area contributed by atoms with E-state index in [2.05, 4.69) is 182 Å². The molecular formula is C47H33N. The molecule has 4 aliphatic carbocycles. The standard InChI is InChI=1S/C47H33N/c1-46(2)39-23-12-9-21-35(39)37-22-15-27-44(45(37)46)48(31-16-5-3-6-17-31)32-28-29-43-38(30-32)36-18-7-4-8-24-42(36)47(43)40-25-13-10-19-33(40)34-20-11-14-26-41(34)47/h3,5-6,8-17,19-30H,18H2,1-2H3. The van der Waals surface area contributed by atoms with Crippen molar-refractivity contribution in [3.05, 3.63) is 191 Å². The van der Waals surface area contributed by atoms with E-state index in [1.165, 1.54) is 72.5 Å². The highest BCUT2D eigenvalue weighted by molar-refractivity contribution is 5.98. The molecule has 0 atom stereocenters. The van der Waals surface area contributed by atoms with Crippen molar-refractivity contribution in [1.82, 2.24) is 0 Å². The Kier molecular flexibility index (Phi) is 5.59. The van der Waals surface area contributed by atoms with Gasteiger partial charge in [-0.05, 0) is 109 Å². The number of nitrogens with zero attached hydrogens (tertiary/aromatic N) is 1. The van der Waals surface area contributed by atoms with E-state index < -0.39 is 0 Å². The smallest absolute Gasteiger partial charge is 0.0722 e. The van der Waals surface area contributed by atoms with Crippen molar-refractivity contribution in [2.75, 3.05) is 4.90 Å². The Labute approximate surface area is 282 Å². The molecule has 0 aliphatic heterocycles. The number of anilines is 3. The van der Waals surface area contributed by atoms with Gasteiger partial charge in [0, 0.05) is 23.2 Å². The molecule has 4 aliphatic rings.